The molecule has 2 N–H and O–H groups in total. The molecule has 0 fully saturated rings. The molecular formula is C38H51N3O8S2. The average Bonchev–Trinajstić information content (AvgIpc) is 3.23. The molecular weight excluding hydrogens is 691 g/mol. The summed E-state index contributed by atoms with van der Waals surface area (Å²) in [6.45, 7) is 14.4. The second-order valence-corrected chi connectivity index (χ2v) is 18.0. The highest BCUT2D eigenvalue weighted by atomic mass is 32.2. The molecule has 1 aliphatic rings. The van der Waals surface area contributed by atoms with Gasteiger partial charge in [0.05, 0.1) is 9.79 Å². The van der Waals surface area contributed by atoms with Crippen molar-refractivity contribution >= 4 is 37.7 Å². The number of aliphatic carboxylic acids is 2. The van der Waals surface area contributed by atoms with E-state index in [1.165, 1.54) is 22.7 Å². The highest BCUT2D eigenvalue weighted by molar-refractivity contribution is 7.89. The van der Waals surface area contributed by atoms with Crippen molar-refractivity contribution in [3.8, 4) is 0 Å². The Bertz CT molecular complexity index is 1980. The molecule has 51 heavy (non-hydrogen) atoms. The summed E-state index contributed by atoms with van der Waals surface area (Å²) in [6, 6.07) is 10.1. The summed E-state index contributed by atoms with van der Waals surface area (Å²) >= 11 is 0. The molecule has 3 rings (SSSR count). The number of likely N-dealkylation sites (N-methyl/N-ethyl adjacent to an activating group) is 1. The average molecular weight is 742 g/mol. The zero-order valence-electron chi connectivity index (χ0n) is 30.8. The molecule has 0 saturated heterocycles. The maximum absolute atomic E-state index is 13.3. The van der Waals surface area contributed by atoms with Gasteiger partial charge in [-0.05, 0) is 78.4 Å². The van der Waals surface area contributed by atoms with Crippen LogP contribution in [0, 0.1) is 6.92 Å². The predicted octanol–water partition coefficient (Wildman–Crippen LogP) is 6.22. The van der Waals surface area contributed by atoms with Gasteiger partial charge >= 0.3 is 11.9 Å². The van der Waals surface area contributed by atoms with E-state index in [9.17, 15) is 26.4 Å². The van der Waals surface area contributed by atoms with Gasteiger partial charge in [-0.3, -0.25) is 9.59 Å². The first-order valence-electron chi connectivity index (χ1n) is 16.7. The fourth-order valence-electron chi connectivity index (χ4n) is 6.18. The Morgan fingerprint density at radius 3 is 1.90 bits per heavy atom. The lowest BCUT2D eigenvalue weighted by molar-refractivity contribution is -0.138. The van der Waals surface area contributed by atoms with E-state index >= 15 is 0 Å². The number of rotatable bonds is 17. The third kappa shape index (κ3) is 9.26. The summed E-state index contributed by atoms with van der Waals surface area (Å²) in [5.41, 5.74) is 4.08. The van der Waals surface area contributed by atoms with Crippen molar-refractivity contribution in [1.82, 2.24) is 8.61 Å². The molecule has 2 aromatic rings. The molecule has 0 unspecified atom stereocenters. The smallest absolute Gasteiger partial charge is 0.303 e. The van der Waals surface area contributed by atoms with Crippen LogP contribution in [0.25, 0.3) is 0 Å². The Hall–Kier alpha value is -4.04. The summed E-state index contributed by atoms with van der Waals surface area (Å²) in [5, 5.41) is 17.8. The van der Waals surface area contributed by atoms with Gasteiger partial charge in [-0.25, -0.2) is 25.4 Å². The molecule has 13 heteroatoms. The predicted molar refractivity (Wildman–Crippen MR) is 201 cm³/mol. The number of carboxylic acids is 2. The molecule has 0 saturated carbocycles. The first-order chi connectivity index (χ1) is 23.6. The van der Waals surface area contributed by atoms with E-state index in [4.69, 9.17) is 10.2 Å². The maximum atomic E-state index is 13.3. The van der Waals surface area contributed by atoms with Crippen molar-refractivity contribution < 1.29 is 36.6 Å². The number of benzene rings is 2. The molecule has 0 spiro atoms. The number of carboxylic acid groups (broad SMARTS) is 2. The van der Waals surface area contributed by atoms with Gasteiger partial charge in [0, 0.05) is 69.3 Å². The van der Waals surface area contributed by atoms with Crippen LogP contribution in [0.1, 0.15) is 70.1 Å². The van der Waals surface area contributed by atoms with Crippen molar-refractivity contribution in [3.05, 3.63) is 101 Å². The molecule has 0 radical (unpaired) electrons. The summed E-state index contributed by atoms with van der Waals surface area (Å²) in [7, 11) is -2.80. The fraction of sp³-hybridized carbons (Fsp3) is 0.421. The third-order valence-corrected chi connectivity index (χ3v) is 13.3. The summed E-state index contributed by atoms with van der Waals surface area (Å²) < 4.78 is 55.5. The molecule has 0 atom stereocenters. The van der Waals surface area contributed by atoms with Crippen LogP contribution >= 0.6 is 0 Å². The van der Waals surface area contributed by atoms with E-state index in [2.05, 4.69) is 6.58 Å². The van der Waals surface area contributed by atoms with Crippen molar-refractivity contribution in [3.63, 3.8) is 0 Å². The number of carbonyl (C=O) groups is 2. The molecule has 11 nitrogen and oxygen atoms in total. The quantitative estimate of drug-likeness (QED) is 0.180. The number of nitrogens with zero attached hydrogens (tertiary/aromatic N) is 3. The van der Waals surface area contributed by atoms with Crippen molar-refractivity contribution in [2.75, 3.05) is 39.1 Å². The highest BCUT2D eigenvalue weighted by Gasteiger charge is 2.39. The normalized spacial score (nSPS) is 15.8. The summed E-state index contributed by atoms with van der Waals surface area (Å²) in [5.74, 6) is -1.94. The Morgan fingerprint density at radius 1 is 0.863 bits per heavy atom. The Kier molecular flexibility index (Phi) is 13.1. The fourth-order valence-corrected chi connectivity index (χ4v) is 8.65. The van der Waals surface area contributed by atoms with Crippen LogP contribution in [0.2, 0.25) is 0 Å². The zero-order chi connectivity index (χ0) is 38.5. The molecule has 0 aliphatic carbocycles. The standard InChI is InChI=1S/C38H51N3O8S2/c1-27-19-20-29(50(46,47)39(7)23-13-17-35(42)43)25-31(27)37(3,4)28(2)15-11-10-12-16-34-38(5,6)32-26-30(21-22-33(32)41(34)9)51(48,49)40(8)24-14-18-36(44)45/h10-12,15-16,19-22,25-26H,2,13-14,17-18,23-24H2,1,3-9H3,(H,42,43)(H,44,45)/b12-10+,15-11+,34-16+. The van der Waals surface area contributed by atoms with E-state index in [1.807, 2.05) is 76.9 Å². The van der Waals surface area contributed by atoms with Gasteiger partial charge < -0.3 is 15.1 Å². The van der Waals surface area contributed by atoms with Gasteiger partial charge in [-0.15, -0.1) is 0 Å². The minimum Gasteiger partial charge on any atom is -0.481 e. The minimum absolute atomic E-state index is 0.0936. The van der Waals surface area contributed by atoms with Crippen molar-refractivity contribution in [2.24, 2.45) is 0 Å². The molecule has 2 aromatic carbocycles. The van der Waals surface area contributed by atoms with Crippen LogP contribution in [-0.4, -0.2) is 81.8 Å². The Labute approximate surface area is 303 Å². The van der Waals surface area contributed by atoms with Crippen LogP contribution in [0.5, 0.6) is 0 Å². The van der Waals surface area contributed by atoms with E-state index in [0.717, 1.165) is 33.6 Å². The van der Waals surface area contributed by atoms with Gasteiger partial charge in [0.25, 0.3) is 0 Å². The van der Waals surface area contributed by atoms with Crippen LogP contribution in [0.3, 0.4) is 0 Å². The first-order valence-corrected chi connectivity index (χ1v) is 19.5. The minimum atomic E-state index is -3.83. The summed E-state index contributed by atoms with van der Waals surface area (Å²) in [6.07, 6.45) is 9.73. The van der Waals surface area contributed by atoms with Crippen LogP contribution in [0.4, 0.5) is 5.69 Å². The molecule has 1 aliphatic heterocycles. The van der Waals surface area contributed by atoms with Crippen LogP contribution in [-0.2, 0) is 40.5 Å². The first kappa shape index (κ1) is 41.4. The van der Waals surface area contributed by atoms with Gasteiger partial charge in [-0.2, -0.15) is 0 Å². The largest absolute Gasteiger partial charge is 0.481 e. The van der Waals surface area contributed by atoms with Gasteiger partial charge in [0.1, 0.15) is 0 Å². The van der Waals surface area contributed by atoms with Crippen LogP contribution < -0.4 is 4.90 Å². The topological polar surface area (TPSA) is 153 Å². The monoisotopic (exact) mass is 741 g/mol. The Morgan fingerprint density at radius 2 is 1.37 bits per heavy atom. The molecule has 0 amide bonds. The van der Waals surface area contributed by atoms with Gasteiger partial charge in [0.2, 0.25) is 20.0 Å². The molecule has 0 bridgehead atoms. The van der Waals surface area contributed by atoms with Gasteiger partial charge in [0.15, 0.2) is 0 Å². The van der Waals surface area contributed by atoms with Crippen molar-refractivity contribution in [1.29, 1.82) is 0 Å². The number of fused-ring (bicyclic) bond motifs is 1. The second-order valence-electron chi connectivity index (χ2n) is 13.9. The summed E-state index contributed by atoms with van der Waals surface area (Å²) in [4.78, 5) is 24.1. The lowest BCUT2D eigenvalue weighted by Gasteiger charge is -2.29. The van der Waals surface area contributed by atoms with Crippen molar-refractivity contribution in [2.45, 2.75) is 80.9 Å². The molecule has 0 aromatic heterocycles. The van der Waals surface area contributed by atoms with E-state index in [1.54, 1.807) is 36.4 Å². The van der Waals surface area contributed by atoms with Gasteiger partial charge in [-0.1, -0.05) is 64.6 Å². The maximum Gasteiger partial charge on any atom is 0.303 e. The lowest BCUT2D eigenvalue weighted by atomic mass is 9.76. The molecule has 1 heterocycles. The third-order valence-electron chi connectivity index (χ3n) is 9.61. The van der Waals surface area contributed by atoms with Crippen LogP contribution in [0.15, 0.2) is 94.4 Å². The number of anilines is 1. The second kappa shape index (κ2) is 16.1. The lowest BCUT2D eigenvalue weighted by Crippen LogP contribution is -2.29. The van der Waals surface area contributed by atoms with E-state index in [-0.39, 0.29) is 48.6 Å². The molecule has 278 valence electrons. The number of sulfonamides is 2. The number of hydrogen-bond donors (Lipinski definition) is 2. The highest BCUT2D eigenvalue weighted by Crippen LogP contribution is 2.47. The van der Waals surface area contributed by atoms with E-state index < -0.39 is 42.8 Å². The SMILES string of the molecule is C=C(/C=C/C=C/C=C1/N(C)c2ccc(S(=O)(=O)N(C)CCCC(=O)O)cc2C1(C)C)C(C)(C)c1cc(S(=O)(=O)N(C)CCCC(=O)O)ccc1C. The number of allylic oxidation sites excluding steroid dienone is 7. The van der Waals surface area contributed by atoms with E-state index in [0.29, 0.717) is 0 Å². The number of hydrogen-bond acceptors (Lipinski definition) is 7. The zero-order valence-corrected chi connectivity index (χ0v) is 32.4. The Balaban J connectivity index is 1.78. The number of aryl methyl sites for hydroxylation is 1.